The summed E-state index contributed by atoms with van der Waals surface area (Å²) in [6, 6.07) is 8.45. The molecule has 0 bridgehead atoms. The maximum atomic E-state index is 13.0. The van der Waals surface area contributed by atoms with Gasteiger partial charge in [0, 0.05) is 16.0 Å². The van der Waals surface area contributed by atoms with Gasteiger partial charge in [-0.1, -0.05) is 29.3 Å². The molecule has 2 aromatic carbocycles. The molecule has 2 aromatic rings. The van der Waals surface area contributed by atoms with Crippen LogP contribution in [0.5, 0.6) is 0 Å². The number of halogens is 4. The molecular formula is C14H11BrCl2FN. The lowest BCUT2D eigenvalue weighted by Gasteiger charge is -2.11. The Morgan fingerprint density at radius 1 is 1.16 bits per heavy atom. The molecule has 0 spiro atoms. The Balaban J connectivity index is 2.14. The number of rotatable bonds is 3. The van der Waals surface area contributed by atoms with Gasteiger partial charge in [0.15, 0.2) is 0 Å². The van der Waals surface area contributed by atoms with E-state index in [-0.39, 0.29) is 5.02 Å². The molecule has 0 unspecified atom stereocenters. The van der Waals surface area contributed by atoms with Crippen molar-refractivity contribution >= 4 is 44.8 Å². The largest absolute Gasteiger partial charge is 0.380 e. The lowest BCUT2D eigenvalue weighted by Crippen LogP contribution is -2.00. The second kappa shape index (κ2) is 6.12. The molecule has 0 aliphatic heterocycles. The third-order valence-electron chi connectivity index (χ3n) is 2.72. The van der Waals surface area contributed by atoms with Crippen LogP contribution in [0.15, 0.2) is 34.8 Å². The van der Waals surface area contributed by atoms with Crippen LogP contribution in [0.4, 0.5) is 10.1 Å². The van der Waals surface area contributed by atoms with Crippen molar-refractivity contribution in [2.45, 2.75) is 13.5 Å². The Bertz CT molecular complexity index is 617. The van der Waals surface area contributed by atoms with Gasteiger partial charge < -0.3 is 5.32 Å². The molecule has 0 saturated carbocycles. The number of hydrogen-bond acceptors (Lipinski definition) is 1. The topological polar surface area (TPSA) is 12.0 Å². The van der Waals surface area contributed by atoms with Crippen LogP contribution in [-0.2, 0) is 6.54 Å². The van der Waals surface area contributed by atoms with Gasteiger partial charge in [0.1, 0.15) is 5.82 Å². The summed E-state index contributed by atoms with van der Waals surface area (Å²) in [4.78, 5) is 0. The van der Waals surface area contributed by atoms with E-state index in [2.05, 4.69) is 21.2 Å². The first-order valence-electron chi connectivity index (χ1n) is 5.61. The average Bonchev–Trinajstić information content (AvgIpc) is 2.36. The van der Waals surface area contributed by atoms with Gasteiger partial charge in [-0.15, -0.1) is 0 Å². The quantitative estimate of drug-likeness (QED) is 0.725. The highest BCUT2D eigenvalue weighted by Gasteiger charge is 2.05. The Morgan fingerprint density at radius 2 is 1.89 bits per heavy atom. The van der Waals surface area contributed by atoms with E-state index in [0.29, 0.717) is 11.6 Å². The minimum Gasteiger partial charge on any atom is -0.380 e. The molecule has 0 atom stereocenters. The fourth-order valence-electron chi connectivity index (χ4n) is 1.63. The molecule has 0 fully saturated rings. The molecule has 5 heteroatoms. The Kier molecular flexibility index (Phi) is 4.71. The third kappa shape index (κ3) is 3.62. The molecular weight excluding hydrogens is 352 g/mol. The second-order valence-corrected chi connectivity index (χ2v) is 5.85. The van der Waals surface area contributed by atoms with Crippen molar-refractivity contribution in [3.63, 3.8) is 0 Å². The summed E-state index contributed by atoms with van der Waals surface area (Å²) in [5.41, 5.74) is 2.79. The van der Waals surface area contributed by atoms with Gasteiger partial charge in [0.05, 0.1) is 10.7 Å². The van der Waals surface area contributed by atoms with Gasteiger partial charge in [-0.25, -0.2) is 4.39 Å². The second-order valence-electron chi connectivity index (χ2n) is 4.18. The van der Waals surface area contributed by atoms with E-state index in [0.717, 1.165) is 21.3 Å². The van der Waals surface area contributed by atoms with E-state index in [1.807, 2.05) is 19.1 Å². The third-order valence-corrected chi connectivity index (χ3v) is 4.07. The summed E-state index contributed by atoms with van der Waals surface area (Å²) in [5, 5.41) is 4.05. The number of hydrogen-bond donors (Lipinski definition) is 1. The van der Waals surface area contributed by atoms with Crippen molar-refractivity contribution < 1.29 is 4.39 Å². The first-order valence-corrected chi connectivity index (χ1v) is 7.15. The highest BCUT2D eigenvalue weighted by Crippen LogP contribution is 2.29. The molecule has 0 aliphatic rings. The molecule has 1 N–H and O–H groups in total. The van der Waals surface area contributed by atoms with Crippen molar-refractivity contribution in [2.75, 3.05) is 5.32 Å². The summed E-state index contributed by atoms with van der Waals surface area (Å²) in [6.07, 6.45) is 0. The number of anilines is 1. The van der Waals surface area contributed by atoms with Crippen molar-refractivity contribution in [3.05, 3.63) is 61.8 Å². The predicted octanol–water partition coefficient (Wildman–Crippen LogP) is 5.82. The molecule has 0 radical (unpaired) electrons. The van der Waals surface area contributed by atoms with Gasteiger partial charge in [0.2, 0.25) is 0 Å². The Labute approximate surface area is 129 Å². The zero-order valence-electron chi connectivity index (χ0n) is 10.1. The van der Waals surface area contributed by atoms with E-state index < -0.39 is 5.82 Å². The zero-order valence-corrected chi connectivity index (χ0v) is 13.2. The lowest BCUT2D eigenvalue weighted by molar-refractivity contribution is 0.627. The van der Waals surface area contributed by atoms with Crippen LogP contribution in [0, 0.1) is 12.7 Å². The van der Waals surface area contributed by atoms with Gasteiger partial charge >= 0.3 is 0 Å². The Hall–Kier alpha value is -0.770. The minimum atomic E-state index is -0.412. The highest BCUT2D eigenvalue weighted by molar-refractivity contribution is 9.10. The lowest BCUT2D eigenvalue weighted by atomic mass is 10.2. The maximum Gasteiger partial charge on any atom is 0.141 e. The first kappa shape index (κ1) is 14.6. The van der Waals surface area contributed by atoms with Gasteiger partial charge in [-0.2, -0.15) is 0 Å². The van der Waals surface area contributed by atoms with Crippen LogP contribution in [0.3, 0.4) is 0 Å². The maximum absolute atomic E-state index is 13.0. The predicted molar refractivity (Wildman–Crippen MR) is 82.6 cm³/mol. The van der Waals surface area contributed by atoms with Crippen LogP contribution in [0.2, 0.25) is 10.0 Å². The van der Waals surface area contributed by atoms with Crippen LogP contribution < -0.4 is 5.32 Å². The SMILES string of the molecule is Cc1cc(Br)c(NCc2ccc(F)c(Cl)c2)cc1Cl. The first-order chi connectivity index (χ1) is 8.97. The summed E-state index contributed by atoms with van der Waals surface area (Å²) in [7, 11) is 0. The van der Waals surface area contributed by atoms with E-state index in [1.54, 1.807) is 12.1 Å². The van der Waals surface area contributed by atoms with Gasteiger partial charge in [0.25, 0.3) is 0 Å². The summed E-state index contributed by atoms with van der Waals surface area (Å²) in [5.74, 6) is -0.412. The minimum absolute atomic E-state index is 0.125. The fraction of sp³-hybridized carbons (Fsp3) is 0.143. The molecule has 2 rings (SSSR count). The monoisotopic (exact) mass is 361 g/mol. The molecule has 0 amide bonds. The van der Waals surface area contributed by atoms with E-state index in [4.69, 9.17) is 23.2 Å². The van der Waals surface area contributed by atoms with Crippen LogP contribution in [0.25, 0.3) is 0 Å². The zero-order chi connectivity index (χ0) is 14.0. The van der Waals surface area contributed by atoms with Crippen LogP contribution in [0.1, 0.15) is 11.1 Å². The summed E-state index contributed by atoms with van der Waals surface area (Å²) < 4.78 is 14.0. The standard InChI is InChI=1S/C14H11BrCl2FN/c1-8-4-10(15)14(6-11(8)16)19-7-9-2-3-13(18)12(17)5-9/h2-6,19H,7H2,1H3. The molecule has 1 nitrogen and oxygen atoms in total. The fourth-order valence-corrected chi connectivity index (χ4v) is 2.59. The molecule has 0 aliphatic carbocycles. The normalized spacial score (nSPS) is 10.6. The van der Waals surface area contributed by atoms with Crippen molar-refractivity contribution in [1.29, 1.82) is 0 Å². The molecule has 0 aromatic heterocycles. The van der Waals surface area contributed by atoms with Gasteiger partial charge in [-0.3, -0.25) is 0 Å². The van der Waals surface area contributed by atoms with E-state index >= 15 is 0 Å². The average molecular weight is 363 g/mol. The summed E-state index contributed by atoms with van der Waals surface area (Å²) >= 11 is 15.3. The van der Waals surface area contributed by atoms with Crippen LogP contribution in [-0.4, -0.2) is 0 Å². The summed E-state index contributed by atoms with van der Waals surface area (Å²) in [6.45, 7) is 2.48. The Morgan fingerprint density at radius 3 is 2.58 bits per heavy atom. The highest BCUT2D eigenvalue weighted by atomic mass is 79.9. The van der Waals surface area contributed by atoms with E-state index in [9.17, 15) is 4.39 Å². The smallest absolute Gasteiger partial charge is 0.141 e. The van der Waals surface area contributed by atoms with Crippen molar-refractivity contribution in [1.82, 2.24) is 0 Å². The van der Waals surface area contributed by atoms with E-state index in [1.165, 1.54) is 6.07 Å². The van der Waals surface area contributed by atoms with Gasteiger partial charge in [-0.05, 0) is 58.2 Å². The van der Waals surface area contributed by atoms with Crippen molar-refractivity contribution in [3.8, 4) is 0 Å². The number of nitrogens with one attached hydrogen (secondary N) is 1. The number of benzene rings is 2. The molecule has 0 heterocycles. The molecule has 19 heavy (non-hydrogen) atoms. The van der Waals surface area contributed by atoms with Crippen molar-refractivity contribution in [2.24, 2.45) is 0 Å². The molecule has 100 valence electrons. The number of aryl methyl sites for hydroxylation is 1. The van der Waals surface area contributed by atoms with Crippen LogP contribution >= 0.6 is 39.1 Å². The molecule has 0 saturated heterocycles.